The van der Waals surface area contributed by atoms with Crippen molar-refractivity contribution in [3.63, 3.8) is 0 Å². The Bertz CT molecular complexity index is 1420. The Hall–Kier alpha value is -3.93. The minimum absolute atomic E-state index is 0.0224. The minimum Gasteiger partial charge on any atom is -0.490 e. The van der Waals surface area contributed by atoms with Crippen LogP contribution in [0.2, 0.25) is 0 Å². The zero-order chi connectivity index (χ0) is 28.7. The average molecular weight is 568 g/mol. The van der Waals surface area contributed by atoms with Crippen LogP contribution in [0.15, 0.2) is 72.8 Å². The Kier molecular flexibility index (Phi) is 9.41. The van der Waals surface area contributed by atoms with E-state index in [9.17, 15) is 23.1 Å². The molecular weight excluding hydrogens is 534 g/mol. The highest BCUT2D eigenvalue weighted by Crippen LogP contribution is 2.28. The normalized spacial score (nSPS) is 17.3. The van der Waals surface area contributed by atoms with Crippen LogP contribution in [0.1, 0.15) is 41.6 Å². The molecule has 0 unspecified atom stereocenters. The molecule has 1 aliphatic carbocycles. The molecule has 0 aromatic heterocycles. The van der Waals surface area contributed by atoms with Crippen molar-refractivity contribution >= 4 is 27.8 Å². The molecule has 1 saturated carbocycles. The predicted octanol–water partition coefficient (Wildman–Crippen LogP) is 4.44. The van der Waals surface area contributed by atoms with Crippen molar-refractivity contribution in [1.82, 2.24) is 9.03 Å². The van der Waals surface area contributed by atoms with Crippen molar-refractivity contribution < 1.29 is 32.6 Å². The van der Waals surface area contributed by atoms with Gasteiger partial charge in [-0.2, -0.15) is 17.4 Å². The summed E-state index contributed by atoms with van der Waals surface area (Å²) < 4.78 is 39.9. The summed E-state index contributed by atoms with van der Waals surface area (Å²) in [5.41, 5.74) is 1.05. The van der Waals surface area contributed by atoms with Gasteiger partial charge in [0.25, 0.3) is 10.2 Å². The van der Waals surface area contributed by atoms with E-state index in [1.165, 1.54) is 24.5 Å². The van der Waals surface area contributed by atoms with Crippen LogP contribution in [-0.4, -0.2) is 55.9 Å². The monoisotopic (exact) mass is 567 g/mol. The Morgan fingerprint density at radius 2 is 1.45 bits per heavy atom. The van der Waals surface area contributed by atoms with E-state index in [0.717, 1.165) is 24.2 Å². The number of rotatable bonds is 11. The highest BCUT2D eigenvalue weighted by molar-refractivity contribution is 7.87. The zero-order valence-corrected chi connectivity index (χ0v) is 23.2. The van der Waals surface area contributed by atoms with E-state index >= 15 is 0 Å². The Morgan fingerprint density at radius 3 is 2.05 bits per heavy atom. The number of carbonyl (C=O) groups is 2. The van der Waals surface area contributed by atoms with Crippen molar-refractivity contribution in [2.24, 2.45) is 0 Å². The number of carboxylic acid groups (broad SMARTS) is 1. The van der Waals surface area contributed by atoms with Gasteiger partial charge in [-0.3, -0.25) is 4.79 Å². The lowest BCUT2D eigenvalue weighted by Gasteiger charge is -2.30. The van der Waals surface area contributed by atoms with Crippen molar-refractivity contribution in [3.05, 3.63) is 83.9 Å². The van der Waals surface area contributed by atoms with Gasteiger partial charge in [0.1, 0.15) is 17.2 Å². The first-order valence-corrected chi connectivity index (χ1v) is 14.4. The van der Waals surface area contributed by atoms with Gasteiger partial charge in [-0.05, 0) is 79.8 Å². The van der Waals surface area contributed by atoms with E-state index in [2.05, 4.69) is 10.0 Å². The van der Waals surface area contributed by atoms with Crippen molar-refractivity contribution in [1.29, 1.82) is 0 Å². The van der Waals surface area contributed by atoms with Gasteiger partial charge in [0.15, 0.2) is 0 Å². The van der Waals surface area contributed by atoms with Gasteiger partial charge in [-0.1, -0.05) is 24.3 Å². The maximum Gasteiger partial charge on any atom is 0.337 e. The number of ether oxygens (including phenoxy) is 2. The maximum absolute atomic E-state index is 12.4. The number of amides is 1. The van der Waals surface area contributed by atoms with Crippen molar-refractivity contribution in [2.45, 2.75) is 44.2 Å². The fourth-order valence-electron chi connectivity index (χ4n) is 4.36. The number of hydrogen-bond donors (Lipinski definition) is 3. The van der Waals surface area contributed by atoms with Gasteiger partial charge in [-0.15, -0.1) is 0 Å². The Morgan fingerprint density at radius 1 is 0.875 bits per heavy atom. The first-order chi connectivity index (χ1) is 19.1. The molecule has 0 atom stereocenters. The lowest BCUT2D eigenvalue weighted by molar-refractivity contribution is -0.115. The third kappa shape index (κ3) is 8.04. The van der Waals surface area contributed by atoms with E-state index in [4.69, 9.17) is 9.47 Å². The molecule has 0 spiro atoms. The molecule has 10 nitrogen and oxygen atoms in total. The number of carbonyl (C=O) groups excluding carboxylic acids is 1. The number of anilines is 1. The number of hydrogen-bond acceptors (Lipinski definition) is 6. The van der Waals surface area contributed by atoms with Gasteiger partial charge in [0, 0.05) is 20.1 Å². The van der Waals surface area contributed by atoms with E-state index in [1.54, 1.807) is 42.5 Å². The molecule has 1 fully saturated rings. The fraction of sp³-hybridized carbons (Fsp3) is 0.310. The SMILES string of the molecule is CN(C)S(=O)(=O)NC1CCC(Oc2ccc(Oc3ccc(CC(=O)Nc4ccccc4C(=O)O)cc3)cc2)CC1. The molecule has 11 heteroatoms. The van der Waals surface area contributed by atoms with Crippen LogP contribution in [0, 0.1) is 0 Å². The smallest absolute Gasteiger partial charge is 0.337 e. The lowest BCUT2D eigenvalue weighted by Crippen LogP contribution is -2.44. The molecule has 40 heavy (non-hydrogen) atoms. The Balaban J connectivity index is 1.24. The molecule has 1 aliphatic rings. The lowest BCUT2D eigenvalue weighted by atomic mass is 9.94. The van der Waals surface area contributed by atoms with Crippen LogP contribution >= 0.6 is 0 Å². The van der Waals surface area contributed by atoms with E-state index in [1.807, 2.05) is 24.3 Å². The van der Waals surface area contributed by atoms with Crippen molar-refractivity contribution in [3.8, 4) is 17.2 Å². The topological polar surface area (TPSA) is 134 Å². The second kappa shape index (κ2) is 12.9. The summed E-state index contributed by atoms with van der Waals surface area (Å²) >= 11 is 0. The molecule has 0 bridgehead atoms. The number of aromatic carboxylic acids is 1. The van der Waals surface area contributed by atoms with Gasteiger partial charge < -0.3 is 19.9 Å². The number of benzene rings is 3. The van der Waals surface area contributed by atoms with Crippen molar-refractivity contribution in [2.75, 3.05) is 19.4 Å². The number of para-hydroxylation sites is 1. The van der Waals surface area contributed by atoms with Gasteiger partial charge >= 0.3 is 5.97 Å². The molecule has 3 aromatic carbocycles. The quantitative estimate of drug-likeness (QED) is 0.312. The number of nitrogens with one attached hydrogen (secondary N) is 2. The summed E-state index contributed by atoms with van der Waals surface area (Å²) in [6.45, 7) is 0. The van der Waals surface area contributed by atoms with Crippen LogP contribution in [0.4, 0.5) is 5.69 Å². The van der Waals surface area contributed by atoms with E-state index in [0.29, 0.717) is 24.3 Å². The number of nitrogens with zero attached hydrogens (tertiary/aromatic N) is 1. The van der Waals surface area contributed by atoms with Gasteiger partial charge in [0.05, 0.1) is 23.8 Å². The molecule has 0 radical (unpaired) electrons. The fourth-order valence-corrected chi connectivity index (χ4v) is 5.23. The maximum atomic E-state index is 12.4. The van der Waals surface area contributed by atoms with E-state index in [-0.39, 0.29) is 35.7 Å². The summed E-state index contributed by atoms with van der Waals surface area (Å²) in [5, 5.41) is 11.9. The molecule has 4 rings (SSSR count). The molecule has 0 heterocycles. The van der Waals surface area contributed by atoms with Gasteiger partial charge in [-0.25, -0.2) is 4.79 Å². The standard InChI is InChI=1S/C29H33N3O7S/c1-32(2)40(36,37)31-21-9-13-23(14-10-21)39-25-17-15-24(16-18-25)38-22-11-7-20(8-12-22)19-28(33)30-27-6-4-3-5-26(27)29(34)35/h3-8,11-12,15-18,21,23,31H,9-10,13-14,19H2,1-2H3,(H,30,33)(H,34,35). The second-order valence-corrected chi connectivity index (χ2v) is 11.7. The Labute approximate surface area is 234 Å². The number of carboxylic acids is 1. The largest absolute Gasteiger partial charge is 0.490 e. The summed E-state index contributed by atoms with van der Waals surface area (Å²) in [4.78, 5) is 23.8. The molecule has 3 aromatic rings. The van der Waals surface area contributed by atoms with Crippen LogP contribution < -0.4 is 19.5 Å². The molecule has 0 aliphatic heterocycles. The van der Waals surface area contributed by atoms with Crippen LogP contribution in [0.5, 0.6) is 17.2 Å². The highest BCUT2D eigenvalue weighted by atomic mass is 32.2. The predicted molar refractivity (Wildman–Crippen MR) is 151 cm³/mol. The second-order valence-electron chi connectivity index (χ2n) is 9.79. The van der Waals surface area contributed by atoms with Crippen LogP contribution in [-0.2, 0) is 21.4 Å². The summed E-state index contributed by atoms with van der Waals surface area (Å²) in [7, 11) is -0.419. The highest BCUT2D eigenvalue weighted by Gasteiger charge is 2.26. The molecule has 212 valence electrons. The summed E-state index contributed by atoms with van der Waals surface area (Å²) in [6.07, 6.45) is 3.06. The summed E-state index contributed by atoms with van der Waals surface area (Å²) in [6, 6.07) is 20.6. The summed E-state index contributed by atoms with van der Waals surface area (Å²) in [5.74, 6) is 0.529. The third-order valence-electron chi connectivity index (χ3n) is 6.55. The van der Waals surface area contributed by atoms with Gasteiger partial charge in [0.2, 0.25) is 5.91 Å². The molecular formula is C29H33N3O7S. The van der Waals surface area contributed by atoms with Crippen LogP contribution in [0.25, 0.3) is 0 Å². The zero-order valence-electron chi connectivity index (χ0n) is 22.4. The van der Waals surface area contributed by atoms with E-state index < -0.39 is 16.2 Å². The third-order valence-corrected chi connectivity index (χ3v) is 8.14. The first kappa shape index (κ1) is 29.1. The minimum atomic E-state index is -3.44. The molecule has 3 N–H and O–H groups in total. The molecule has 0 saturated heterocycles. The van der Waals surface area contributed by atoms with Crippen LogP contribution in [0.3, 0.4) is 0 Å². The molecule has 1 amide bonds. The first-order valence-electron chi connectivity index (χ1n) is 12.9. The average Bonchev–Trinajstić information content (AvgIpc) is 2.92.